The zero-order valence-corrected chi connectivity index (χ0v) is 33.9. The van der Waals surface area contributed by atoms with Crippen LogP contribution in [0.5, 0.6) is 17.2 Å². The predicted molar refractivity (Wildman–Crippen MR) is 230 cm³/mol. The highest BCUT2D eigenvalue weighted by Gasteiger charge is 2.24. The Kier molecular flexibility index (Phi) is 12.0. The molecule has 0 bridgehead atoms. The van der Waals surface area contributed by atoms with Gasteiger partial charge in [-0.15, -0.1) is 15.3 Å². The fourth-order valence-corrected chi connectivity index (χ4v) is 7.39. The molecule has 22 heteroatoms. The molecule has 8 N–H and O–H groups in total. The Labute approximate surface area is 361 Å². The third kappa shape index (κ3) is 9.74. The number of carboxylic acid groups (broad SMARTS) is 2. The summed E-state index contributed by atoms with van der Waals surface area (Å²) in [5.41, 5.74) is -0.0246. The van der Waals surface area contributed by atoms with Crippen LogP contribution in [-0.2, 0) is 25.0 Å². The summed E-state index contributed by atoms with van der Waals surface area (Å²) in [7, 11) is -10.0. The number of hydrogen-bond acceptors (Lipinski definition) is 15. The maximum atomic E-state index is 12.8. The average molecular weight is 907 g/mol. The summed E-state index contributed by atoms with van der Waals surface area (Å²) in [4.78, 5) is 34.2. The topological polar surface area (TPSA) is 324 Å². The molecule has 0 heterocycles. The molecule has 20 nitrogen and oxygen atoms in total. The van der Waals surface area contributed by atoms with E-state index in [1.165, 1.54) is 18.2 Å². The number of carboxylic acids is 2. The van der Waals surface area contributed by atoms with Crippen LogP contribution >= 0.6 is 0 Å². The molecule has 7 aromatic rings. The lowest BCUT2D eigenvalue weighted by molar-refractivity contribution is -0.139. The van der Waals surface area contributed by atoms with Gasteiger partial charge < -0.3 is 35.8 Å². The summed E-state index contributed by atoms with van der Waals surface area (Å²) < 4.78 is 75.6. The van der Waals surface area contributed by atoms with Gasteiger partial charge in [0, 0.05) is 44.9 Å². The molecule has 0 unspecified atom stereocenters. The lowest BCUT2D eigenvalue weighted by atomic mass is 10.1. The number of aromatic carboxylic acids is 1. The number of hydrogen-bond donors (Lipinski definition) is 8. The van der Waals surface area contributed by atoms with Crippen molar-refractivity contribution in [3.05, 3.63) is 132 Å². The molecule has 0 aromatic heterocycles. The fraction of sp³-hybridized carbons (Fsp3) is 0.0238. The van der Waals surface area contributed by atoms with E-state index in [-0.39, 0.29) is 44.5 Å². The second-order valence-electron chi connectivity index (χ2n) is 13.5. The number of phenols is 2. The third-order valence-corrected chi connectivity index (χ3v) is 10.9. The molecule has 0 fully saturated rings. The Hall–Kier alpha value is -8.31. The molecule has 0 spiro atoms. The SMILES string of the molecule is O=C(O)COc1cc(N=Nc2ccc(O)c(C(=O)O)c2)c2cc(S(=O)(=O)O)ccc2c1N=Nc1c(S(=O)(=O)O)cc2cc(Nc3ccc(NC(=O)c4ccccc4)cc3)ccc2c1O. The molecule has 1 amide bonds. The van der Waals surface area contributed by atoms with E-state index < -0.39 is 77.1 Å². The molecule has 0 aliphatic carbocycles. The second kappa shape index (κ2) is 17.6. The van der Waals surface area contributed by atoms with Crippen molar-refractivity contribution >= 4 is 99.4 Å². The number of rotatable bonds is 14. The number of nitrogens with zero attached hydrogens (tertiary/aromatic N) is 4. The number of nitrogens with one attached hydrogen (secondary N) is 2. The van der Waals surface area contributed by atoms with Crippen molar-refractivity contribution in [2.24, 2.45) is 20.5 Å². The Bertz CT molecular complexity index is 3330. The predicted octanol–water partition coefficient (Wildman–Crippen LogP) is 8.89. The summed E-state index contributed by atoms with van der Waals surface area (Å²) in [6.45, 7) is -0.990. The summed E-state index contributed by atoms with van der Waals surface area (Å²) >= 11 is 0. The number of carbonyl (C=O) groups is 3. The number of phenolic OH excluding ortho intramolecular Hbond substituents is 1. The van der Waals surface area contributed by atoms with Gasteiger partial charge in [-0.3, -0.25) is 13.9 Å². The van der Waals surface area contributed by atoms with Gasteiger partial charge in [-0.1, -0.05) is 24.3 Å². The van der Waals surface area contributed by atoms with Crippen LogP contribution < -0.4 is 15.4 Å². The first-order valence-electron chi connectivity index (χ1n) is 18.2. The van der Waals surface area contributed by atoms with Gasteiger partial charge in [0.15, 0.2) is 18.1 Å². The van der Waals surface area contributed by atoms with Crippen LogP contribution in [0.4, 0.5) is 39.8 Å². The van der Waals surface area contributed by atoms with E-state index in [1.54, 1.807) is 60.7 Å². The van der Waals surface area contributed by atoms with E-state index in [4.69, 9.17) is 4.74 Å². The van der Waals surface area contributed by atoms with E-state index >= 15 is 0 Å². The molecule has 0 aliphatic rings. The number of azo groups is 2. The lowest BCUT2D eigenvalue weighted by Crippen LogP contribution is -2.11. The Morgan fingerprint density at radius 1 is 0.625 bits per heavy atom. The molecule has 0 radical (unpaired) electrons. The van der Waals surface area contributed by atoms with E-state index in [0.717, 1.165) is 42.5 Å². The van der Waals surface area contributed by atoms with Crippen LogP contribution in [0.15, 0.2) is 152 Å². The lowest BCUT2D eigenvalue weighted by Gasteiger charge is -2.14. The highest BCUT2D eigenvalue weighted by atomic mass is 32.2. The van der Waals surface area contributed by atoms with E-state index in [2.05, 4.69) is 31.1 Å². The molecular weight excluding hydrogens is 877 g/mol. The number of fused-ring (bicyclic) bond motifs is 2. The number of aliphatic carboxylic acids is 1. The number of anilines is 3. The van der Waals surface area contributed by atoms with Crippen molar-refractivity contribution in [2.75, 3.05) is 17.2 Å². The Morgan fingerprint density at radius 2 is 1.30 bits per heavy atom. The van der Waals surface area contributed by atoms with Crippen molar-refractivity contribution in [2.45, 2.75) is 9.79 Å². The molecule has 0 atom stereocenters. The maximum Gasteiger partial charge on any atom is 0.341 e. The van der Waals surface area contributed by atoms with E-state index in [9.17, 15) is 60.8 Å². The number of aromatic hydroxyl groups is 2. The van der Waals surface area contributed by atoms with Gasteiger partial charge >= 0.3 is 11.9 Å². The third-order valence-electron chi connectivity index (χ3n) is 9.20. The van der Waals surface area contributed by atoms with Crippen molar-refractivity contribution < 1.29 is 65.5 Å². The van der Waals surface area contributed by atoms with Gasteiger partial charge in [0.25, 0.3) is 26.1 Å². The minimum atomic E-state index is -5.16. The molecular formula is C42H30N6O14S2. The smallest absolute Gasteiger partial charge is 0.341 e. The molecule has 7 rings (SSSR count). The van der Waals surface area contributed by atoms with Crippen LogP contribution in [0.25, 0.3) is 21.5 Å². The van der Waals surface area contributed by atoms with Crippen LogP contribution in [0, 0.1) is 0 Å². The number of benzene rings is 7. The van der Waals surface area contributed by atoms with Crippen LogP contribution in [0.2, 0.25) is 0 Å². The standard InChI is InChI=1S/C42H30N6O14S2/c49-34-15-11-27(18-32(34)42(54)55)45-46-33-20-35(62-21-37(50)51)38(30-14-12-28(19-31(30)33)63(56,57)58)47-48-39-36(64(59,60)61)17-23-16-26(10-13-29(23)40(39)52)43-24-6-8-25(9-7-24)44-41(53)22-4-2-1-3-5-22/h1-20,43,49,52H,21H2,(H,44,53)(H,50,51)(H,54,55)(H,56,57,58)(H,59,60,61). The van der Waals surface area contributed by atoms with Gasteiger partial charge in [0.1, 0.15) is 27.6 Å². The number of carbonyl (C=O) groups excluding carboxylic acids is 1. The summed E-state index contributed by atoms with van der Waals surface area (Å²) in [5, 5.41) is 62.1. The quantitative estimate of drug-likeness (QED) is 0.0373. The molecule has 64 heavy (non-hydrogen) atoms. The van der Waals surface area contributed by atoms with Crippen molar-refractivity contribution in [3.63, 3.8) is 0 Å². The first-order valence-corrected chi connectivity index (χ1v) is 21.1. The molecule has 0 saturated carbocycles. The number of ether oxygens (including phenoxy) is 1. The van der Waals surface area contributed by atoms with Crippen LogP contribution in [-0.4, -0.2) is 70.8 Å². The van der Waals surface area contributed by atoms with Gasteiger partial charge in [-0.25, -0.2) is 9.59 Å². The second-order valence-corrected chi connectivity index (χ2v) is 16.3. The largest absolute Gasteiger partial charge is 0.507 e. The van der Waals surface area contributed by atoms with Crippen molar-refractivity contribution in [3.8, 4) is 17.2 Å². The van der Waals surface area contributed by atoms with E-state index in [1.807, 2.05) is 0 Å². The fourth-order valence-electron chi connectivity index (χ4n) is 6.23. The summed E-state index contributed by atoms with van der Waals surface area (Å²) in [5.74, 6) is -4.99. The molecule has 0 saturated heterocycles. The molecule has 324 valence electrons. The van der Waals surface area contributed by atoms with Gasteiger partial charge in [-0.05, 0) is 96.4 Å². The van der Waals surface area contributed by atoms with Gasteiger partial charge in [-0.2, -0.15) is 21.9 Å². The normalized spacial score (nSPS) is 11.9. The summed E-state index contributed by atoms with van der Waals surface area (Å²) in [6.07, 6.45) is 0. The zero-order chi connectivity index (χ0) is 45.9. The number of amides is 1. The van der Waals surface area contributed by atoms with Crippen molar-refractivity contribution in [1.29, 1.82) is 0 Å². The zero-order valence-electron chi connectivity index (χ0n) is 32.3. The highest BCUT2D eigenvalue weighted by molar-refractivity contribution is 7.86. The van der Waals surface area contributed by atoms with E-state index in [0.29, 0.717) is 22.6 Å². The van der Waals surface area contributed by atoms with Crippen LogP contribution in [0.1, 0.15) is 20.7 Å². The van der Waals surface area contributed by atoms with Gasteiger partial charge in [0.05, 0.1) is 16.3 Å². The van der Waals surface area contributed by atoms with Gasteiger partial charge in [0.2, 0.25) is 0 Å². The average Bonchev–Trinajstić information content (AvgIpc) is 3.25. The first-order chi connectivity index (χ1) is 30.3. The minimum absolute atomic E-state index is 0.0481. The highest BCUT2D eigenvalue weighted by Crippen LogP contribution is 2.47. The van der Waals surface area contributed by atoms with Crippen molar-refractivity contribution in [1.82, 2.24) is 0 Å². The minimum Gasteiger partial charge on any atom is -0.507 e. The monoisotopic (exact) mass is 906 g/mol. The summed E-state index contributed by atoms with van der Waals surface area (Å²) in [6, 6.07) is 28.0. The molecule has 0 aliphatic heterocycles. The van der Waals surface area contributed by atoms with Crippen LogP contribution in [0.3, 0.4) is 0 Å². The molecule has 7 aromatic carbocycles. The maximum absolute atomic E-state index is 12.8. The Morgan fingerprint density at radius 3 is 1.97 bits per heavy atom. The Balaban J connectivity index is 1.28. The first kappa shape index (κ1) is 43.8.